The van der Waals surface area contributed by atoms with Gasteiger partial charge in [0.25, 0.3) is 0 Å². The minimum absolute atomic E-state index is 0.0262. The molecule has 17 heavy (non-hydrogen) atoms. The molecule has 1 rings (SSSR count). The van der Waals surface area contributed by atoms with Crippen molar-refractivity contribution in [2.24, 2.45) is 5.73 Å². The largest absolute Gasteiger partial charge is 0.434 e. The lowest BCUT2D eigenvalue weighted by Gasteiger charge is -2.11. The number of rotatable bonds is 5. The molecule has 0 aliphatic carbocycles. The Labute approximate surface area is 102 Å². The number of hydrogen-bond acceptors (Lipinski definition) is 3. The van der Waals surface area contributed by atoms with Crippen molar-refractivity contribution in [1.29, 1.82) is 0 Å². The molecule has 0 atom stereocenters. The summed E-state index contributed by atoms with van der Waals surface area (Å²) in [4.78, 5) is 10.9. The maximum atomic E-state index is 12.1. The zero-order valence-electron chi connectivity index (χ0n) is 8.75. The summed E-state index contributed by atoms with van der Waals surface area (Å²) >= 11 is 5.72. The maximum Gasteiger partial charge on any atom is 0.387 e. The lowest BCUT2D eigenvalue weighted by atomic mass is 10.2. The van der Waals surface area contributed by atoms with Gasteiger partial charge in [0.15, 0.2) is 0 Å². The Balaban J connectivity index is 2.79. The second kappa shape index (κ2) is 6.36. The van der Waals surface area contributed by atoms with Gasteiger partial charge in [0.2, 0.25) is 5.91 Å². The Morgan fingerprint density at radius 2 is 2.24 bits per heavy atom. The first kappa shape index (κ1) is 13.7. The highest BCUT2D eigenvalue weighted by Crippen LogP contribution is 2.24. The van der Waals surface area contributed by atoms with E-state index >= 15 is 0 Å². The maximum absolute atomic E-state index is 12.1. The Kier molecular flexibility index (Phi) is 5.11. The number of amides is 1. The summed E-state index contributed by atoms with van der Waals surface area (Å²) in [5.74, 6) is -0.422. The van der Waals surface area contributed by atoms with Crippen LogP contribution in [0, 0.1) is 0 Å². The number of carbonyl (C=O) groups is 1. The highest BCUT2D eigenvalue weighted by atomic mass is 35.5. The summed E-state index contributed by atoms with van der Waals surface area (Å²) < 4.78 is 28.5. The van der Waals surface area contributed by atoms with Gasteiger partial charge in [-0.05, 0) is 18.2 Å². The van der Waals surface area contributed by atoms with Gasteiger partial charge in [-0.2, -0.15) is 8.78 Å². The van der Waals surface area contributed by atoms with Crippen molar-refractivity contribution in [1.82, 2.24) is 5.32 Å². The predicted molar refractivity (Wildman–Crippen MR) is 59.0 cm³/mol. The summed E-state index contributed by atoms with van der Waals surface area (Å²) in [5.41, 5.74) is 5.46. The van der Waals surface area contributed by atoms with E-state index in [1.165, 1.54) is 18.2 Å². The molecule has 0 fully saturated rings. The number of benzene rings is 1. The average molecular weight is 265 g/mol. The van der Waals surface area contributed by atoms with Crippen LogP contribution in [0.15, 0.2) is 18.2 Å². The molecule has 0 saturated carbocycles. The number of halogens is 3. The molecule has 1 aromatic carbocycles. The average Bonchev–Trinajstić information content (AvgIpc) is 2.28. The van der Waals surface area contributed by atoms with Crippen molar-refractivity contribution in [3.8, 4) is 5.75 Å². The van der Waals surface area contributed by atoms with Gasteiger partial charge in [0.1, 0.15) is 5.75 Å². The molecule has 0 aliphatic rings. The highest BCUT2D eigenvalue weighted by molar-refractivity contribution is 6.30. The summed E-state index contributed by atoms with van der Waals surface area (Å²) in [5, 5.41) is 2.81. The van der Waals surface area contributed by atoms with Crippen molar-refractivity contribution in [2.45, 2.75) is 13.2 Å². The zero-order valence-corrected chi connectivity index (χ0v) is 9.51. The molecule has 0 radical (unpaired) electrons. The molecule has 4 nitrogen and oxygen atoms in total. The SMILES string of the molecule is NCC(=O)NCc1cc(Cl)ccc1OC(F)F. The lowest BCUT2D eigenvalue weighted by molar-refractivity contribution is -0.119. The topological polar surface area (TPSA) is 64.4 Å². The standard InChI is InChI=1S/C10H11ClF2N2O2/c11-7-1-2-8(17-10(12)13)6(3-7)5-15-9(16)4-14/h1-3,10H,4-5,14H2,(H,15,16). The Hall–Kier alpha value is -1.40. The van der Waals surface area contributed by atoms with Gasteiger partial charge in [0, 0.05) is 17.1 Å². The molecule has 94 valence electrons. The van der Waals surface area contributed by atoms with Gasteiger partial charge in [-0.25, -0.2) is 0 Å². The molecule has 0 unspecified atom stereocenters. The first-order valence-corrected chi connectivity index (χ1v) is 5.10. The van der Waals surface area contributed by atoms with Crippen LogP contribution in [0.3, 0.4) is 0 Å². The quantitative estimate of drug-likeness (QED) is 0.847. The van der Waals surface area contributed by atoms with E-state index in [1.807, 2.05) is 0 Å². The van der Waals surface area contributed by atoms with E-state index in [0.717, 1.165) is 0 Å². The van der Waals surface area contributed by atoms with Crippen LogP contribution in [0.25, 0.3) is 0 Å². The van der Waals surface area contributed by atoms with Crippen LogP contribution in [0.5, 0.6) is 5.75 Å². The molecule has 0 heterocycles. The second-order valence-electron chi connectivity index (χ2n) is 3.11. The van der Waals surface area contributed by atoms with Gasteiger partial charge >= 0.3 is 6.61 Å². The molecule has 1 amide bonds. The Morgan fingerprint density at radius 1 is 1.53 bits per heavy atom. The monoisotopic (exact) mass is 264 g/mol. The van der Waals surface area contributed by atoms with E-state index in [1.54, 1.807) is 0 Å². The molecule has 0 spiro atoms. The van der Waals surface area contributed by atoms with Gasteiger partial charge in [-0.15, -0.1) is 0 Å². The number of ether oxygens (including phenoxy) is 1. The van der Waals surface area contributed by atoms with E-state index < -0.39 is 12.5 Å². The third-order valence-electron chi connectivity index (χ3n) is 1.90. The van der Waals surface area contributed by atoms with Crippen molar-refractivity contribution in [2.75, 3.05) is 6.54 Å². The van der Waals surface area contributed by atoms with Crippen molar-refractivity contribution in [3.63, 3.8) is 0 Å². The lowest BCUT2D eigenvalue weighted by Crippen LogP contribution is -2.29. The van der Waals surface area contributed by atoms with E-state index in [-0.39, 0.29) is 18.8 Å². The highest BCUT2D eigenvalue weighted by Gasteiger charge is 2.10. The van der Waals surface area contributed by atoms with Crippen molar-refractivity contribution >= 4 is 17.5 Å². The van der Waals surface area contributed by atoms with E-state index in [9.17, 15) is 13.6 Å². The van der Waals surface area contributed by atoms with Crippen LogP contribution >= 0.6 is 11.6 Å². The smallest absolute Gasteiger partial charge is 0.387 e. The fourth-order valence-corrected chi connectivity index (χ4v) is 1.36. The molecule has 0 saturated heterocycles. The summed E-state index contributed by atoms with van der Waals surface area (Å²) in [6.07, 6.45) is 0. The minimum atomic E-state index is -2.93. The summed E-state index contributed by atoms with van der Waals surface area (Å²) in [7, 11) is 0. The molecule has 0 aromatic heterocycles. The predicted octanol–water partition coefficient (Wildman–Crippen LogP) is 1.52. The summed E-state index contributed by atoms with van der Waals surface area (Å²) in [6, 6.07) is 4.18. The number of nitrogens with one attached hydrogen (secondary N) is 1. The van der Waals surface area contributed by atoms with Crippen LogP contribution < -0.4 is 15.8 Å². The number of alkyl halides is 2. The Bertz CT molecular complexity index is 402. The van der Waals surface area contributed by atoms with Crippen molar-refractivity contribution < 1.29 is 18.3 Å². The van der Waals surface area contributed by atoms with Crippen molar-refractivity contribution in [3.05, 3.63) is 28.8 Å². The molecule has 0 aliphatic heterocycles. The van der Waals surface area contributed by atoms with Gasteiger partial charge < -0.3 is 15.8 Å². The fraction of sp³-hybridized carbons (Fsp3) is 0.300. The molecular formula is C10H11ClF2N2O2. The van der Waals surface area contributed by atoms with Gasteiger partial charge in [-0.1, -0.05) is 11.6 Å². The third kappa shape index (κ3) is 4.54. The van der Waals surface area contributed by atoms with E-state index in [4.69, 9.17) is 17.3 Å². The first-order valence-electron chi connectivity index (χ1n) is 4.73. The third-order valence-corrected chi connectivity index (χ3v) is 2.14. The van der Waals surface area contributed by atoms with E-state index in [0.29, 0.717) is 10.6 Å². The van der Waals surface area contributed by atoms with Crippen LogP contribution in [0.1, 0.15) is 5.56 Å². The number of carbonyl (C=O) groups excluding carboxylic acids is 1. The molecular weight excluding hydrogens is 254 g/mol. The summed E-state index contributed by atoms with van der Waals surface area (Å²) in [6.45, 7) is -3.08. The molecule has 7 heteroatoms. The van der Waals surface area contributed by atoms with Crippen LogP contribution in [-0.2, 0) is 11.3 Å². The van der Waals surface area contributed by atoms with Gasteiger partial charge in [0.05, 0.1) is 6.54 Å². The number of hydrogen-bond donors (Lipinski definition) is 2. The second-order valence-corrected chi connectivity index (χ2v) is 3.55. The van der Waals surface area contributed by atoms with Gasteiger partial charge in [-0.3, -0.25) is 4.79 Å². The fourth-order valence-electron chi connectivity index (χ4n) is 1.16. The molecule has 3 N–H and O–H groups in total. The molecule has 1 aromatic rings. The number of nitrogens with two attached hydrogens (primary N) is 1. The zero-order chi connectivity index (χ0) is 12.8. The first-order chi connectivity index (χ1) is 8.02. The van der Waals surface area contributed by atoms with Crippen LogP contribution in [0.2, 0.25) is 5.02 Å². The minimum Gasteiger partial charge on any atom is -0.434 e. The van der Waals surface area contributed by atoms with E-state index in [2.05, 4.69) is 10.1 Å². The normalized spacial score (nSPS) is 10.4. The van der Waals surface area contributed by atoms with Crippen LogP contribution in [0.4, 0.5) is 8.78 Å². The molecule has 0 bridgehead atoms. The van der Waals surface area contributed by atoms with Crippen LogP contribution in [-0.4, -0.2) is 19.1 Å². The Morgan fingerprint density at radius 3 is 2.82 bits per heavy atom.